The third-order valence-electron chi connectivity index (χ3n) is 3.17. The van der Waals surface area contributed by atoms with Crippen molar-refractivity contribution in [1.82, 2.24) is 14.6 Å². The normalized spacial score (nSPS) is 10.5. The lowest BCUT2D eigenvalue weighted by molar-refractivity contribution is 1.08. The van der Waals surface area contributed by atoms with E-state index in [0.29, 0.717) is 5.56 Å². The molecule has 0 saturated heterocycles. The minimum atomic E-state index is 0.600. The molecule has 92 valence electrons. The molecular formula is C15H12N4. The number of hydrogen-bond acceptors (Lipinski definition) is 3. The van der Waals surface area contributed by atoms with Crippen LogP contribution in [-0.2, 0) is 6.42 Å². The molecule has 2 heterocycles. The molecule has 0 aliphatic rings. The van der Waals surface area contributed by atoms with Gasteiger partial charge in [0.2, 0.25) is 0 Å². The first-order valence-corrected chi connectivity index (χ1v) is 6.16. The monoisotopic (exact) mass is 248 g/mol. The van der Waals surface area contributed by atoms with Gasteiger partial charge in [-0.15, -0.1) is 10.2 Å². The number of rotatable bonds is 2. The lowest BCUT2D eigenvalue weighted by Crippen LogP contribution is -1.94. The first-order valence-electron chi connectivity index (χ1n) is 6.16. The van der Waals surface area contributed by atoms with Gasteiger partial charge >= 0.3 is 0 Å². The van der Waals surface area contributed by atoms with Crippen molar-refractivity contribution in [2.24, 2.45) is 0 Å². The molecule has 0 radical (unpaired) electrons. The molecule has 0 saturated carbocycles. The Hall–Kier alpha value is -2.67. The van der Waals surface area contributed by atoms with Crippen LogP contribution in [0.3, 0.4) is 0 Å². The standard InChI is InChI=1S/C15H12N4/c1-2-12-5-3-4-6-13(12)15-18-17-14-8-7-11(9-16)10-19(14)15/h3-8,10H,2H2,1H3. The van der Waals surface area contributed by atoms with Crippen LogP contribution in [0.1, 0.15) is 18.1 Å². The number of nitriles is 1. The smallest absolute Gasteiger partial charge is 0.168 e. The summed E-state index contributed by atoms with van der Waals surface area (Å²) in [5.74, 6) is 0.782. The Bertz CT molecular complexity index is 780. The fraction of sp³-hybridized carbons (Fsp3) is 0.133. The molecule has 0 atom stereocenters. The van der Waals surface area contributed by atoms with E-state index in [4.69, 9.17) is 5.26 Å². The summed E-state index contributed by atoms with van der Waals surface area (Å²) in [6, 6.07) is 13.8. The molecule has 4 heteroatoms. The van der Waals surface area contributed by atoms with Crippen LogP contribution in [0.15, 0.2) is 42.6 Å². The highest BCUT2D eigenvalue weighted by Crippen LogP contribution is 2.23. The number of aromatic nitrogens is 3. The van der Waals surface area contributed by atoms with Crippen LogP contribution < -0.4 is 0 Å². The highest BCUT2D eigenvalue weighted by Gasteiger charge is 2.11. The van der Waals surface area contributed by atoms with E-state index in [1.165, 1.54) is 5.56 Å². The number of pyridine rings is 1. The van der Waals surface area contributed by atoms with Crippen LogP contribution >= 0.6 is 0 Å². The number of aryl methyl sites for hydroxylation is 1. The van der Waals surface area contributed by atoms with Crippen LogP contribution in [0, 0.1) is 11.3 Å². The fourth-order valence-electron chi connectivity index (χ4n) is 2.19. The molecule has 0 aliphatic heterocycles. The molecule has 2 aromatic heterocycles. The summed E-state index contributed by atoms with van der Waals surface area (Å²) in [7, 11) is 0. The summed E-state index contributed by atoms with van der Waals surface area (Å²) >= 11 is 0. The zero-order valence-corrected chi connectivity index (χ0v) is 10.5. The first kappa shape index (κ1) is 11.4. The second kappa shape index (κ2) is 4.54. The Kier molecular flexibility index (Phi) is 2.73. The van der Waals surface area contributed by atoms with Gasteiger partial charge in [0.1, 0.15) is 6.07 Å². The van der Waals surface area contributed by atoms with Gasteiger partial charge in [-0.05, 0) is 24.1 Å². The van der Waals surface area contributed by atoms with E-state index in [0.717, 1.165) is 23.5 Å². The number of benzene rings is 1. The van der Waals surface area contributed by atoms with Crippen molar-refractivity contribution in [2.45, 2.75) is 13.3 Å². The Balaban J connectivity index is 2.28. The average molecular weight is 248 g/mol. The molecule has 0 unspecified atom stereocenters. The Morgan fingerprint density at radius 2 is 2.00 bits per heavy atom. The van der Waals surface area contributed by atoms with E-state index < -0.39 is 0 Å². The van der Waals surface area contributed by atoms with E-state index in [2.05, 4.69) is 29.3 Å². The molecule has 3 aromatic rings. The quantitative estimate of drug-likeness (QED) is 0.700. The highest BCUT2D eigenvalue weighted by molar-refractivity contribution is 5.64. The van der Waals surface area contributed by atoms with E-state index in [1.54, 1.807) is 12.3 Å². The molecule has 0 bridgehead atoms. The summed E-state index contributed by atoms with van der Waals surface area (Å²) < 4.78 is 1.87. The molecule has 1 aromatic carbocycles. The zero-order valence-electron chi connectivity index (χ0n) is 10.5. The topological polar surface area (TPSA) is 54.0 Å². The van der Waals surface area contributed by atoms with Gasteiger partial charge < -0.3 is 0 Å². The van der Waals surface area contributed by atoms with E-state index >= 15 is 0 Å². The van der Waals surface area contributed by atoms with Crippen molar-refractivity contribution in [3.8, 4) is 17.5 Å². The Morgan fingerprint density at radius 1 is 1.16 bits per heavy atom. The van der Waals surface area contributed by atoms with E-state index in [9.17, 15) is 0 Å². The maximum atomic E-state index is 8.99. The predicted octanol–water partition coefficient (Wildman–Crippen LogP) is 2.83. The number of fused-ring (bicyclic) bond motifs is 1. The third kappa shape index (κ3) is 1.85. The summed E-state index contributed by atoms with van der Waals surface area (Å²) in [5.41, 5.74) is 3.63. The summed E-state index contributed by atoms with van der Waals surface area (Å²) in [6.45, 7) is 2.11. The highest BCUT2D eigenvalue weighted by atomic mass is 15.2. The van der Waals surface area contributed by atoms with Crippen molar-refractivity contribution >= 4 is 5.65 Å². The third-order valence-corrected chi connectivity index (χ3v) is 3.17. The molecule has 19 heavy (non-hydrogen) atoms. The van der Waals surface area contributed by atoms with Crippen molar-refractivity contribution in [3.63, 3.8) is 0 Å². The SMILES string of the molecule is CCc1ccccc1-c1nnc2ccc(C#N)cn12. The Morgan fingerprint density at radius 3 is 2.79 bits per heavy atom. The van der Waals surface area contributed by atoms with E-state index in [1.807, 2.05) is 28.7 Å². The van der Waals surface area contributed by atoms with E-state index in [-0.39, 0.29) is 0 Å². The van der Waals surface area contributed by atoms with Crippen LogP contribution in [-0.4, -0.2) is 14.6 Å². The van der Waals surface area contributed by atoms with Crippen molar-refractivity contribution < 1.29 is 0 Å². The minimum Gasteiger partial charge on any atom is -0.281 e. The molecule has 0 N–H and O–H groups in total. The molecule has 0 aliphatic carbocycles. The van der Waals surface area contributed by atoms with Crippen molar-refractivity contribution in [1.29, 1.82) is 5.26 Å². The molecule has 0 fully saturated rings. The van der Waals surface area contributed by atoms with Crippen molar-refractivity contribution in [3.05, 3.63) is 53.7 Å². The van der Waals surface area contributed by atoms with Crippen LogP contribution in [0.2, 0.25) is 0 Å². The van der Waals surface area contributed by atoms with Gasteiger partial charge in [-0.1, -0.05) is 31.2 Å². The fourth-order valence-corrected chi connectivity index (χ4v) is 2.19. The molecule has 0 amide bonds. The molecule has 3 rings (SSSR count). The predicted molar refractivity (Wildman–Crippen MR) is 72.5 cm³/mol. The molecule has 0 spiro atoms. The maximum absolute atomic E-state index is 8.99. The van der Waals surface area contributed by atoms with Gasteiger partial charge in [0.15, 0.2) is 11.5 Å². The van der Waals surface area contributed by atoms with Gasteiger partial charge in [0, 0.05) is 11.8 Å². The summed E-state index contributed by atoms with van der Waals surface area (Å²) in [4.78, 5) is 0. The van der Waals surface area contributed by atoms with Gasteiger partial charge in [-0.2, -0.15) is 5.26 Å². The van der Waals surface area contributed by atoms with Crippen LogP contribution in [0.5, 0.6) is 0 Å². The first-order chi connectivity index (χ1) is 9.33. The molecular weight excluding hydrogens is 236 g/mol. The maximum Gasteiger partial charge on any atom is 0.168 e. The molecule has 4 nitrogen and oxygen atoms in total. The van der Waals surface area contributed by atoms with Gasteiger partial charge in [-0.3, -0.25) is 4.40 Å². The minimum absolute atomic E-state index is 0.600. The Labute approximate surface area is 111 Å². The largest absolute Gasteiger partial charge is 0.281 e. The summed E-state index contributed by atoms with van der Waals surface area (Å²) in [5, 5.41) is 17.4. The van der Waals surface area contributed by atoms with Gasteiger partial charge in [-0.25, -0.2) is 0 Å². The lowest BCUT2D eigenvalue weighted by Gasteiger charge is -2.05. The average Bonchev–Trinajstić information content (AvgIpc) is 2.89. The van der Waals surface area contributed by atoms with Crippen LogP contribution in [0.25, 0.3) is 17.0 Å². The summed E-state index contributed by atoms with van der Waals surface area (Å²) in [6.07, 6.45) is 2.71. The van der Waals surface area contributed by atoms with Crippen LogP contribution in [0.4, 0.5) is 0 Å². The second-order valence-corrected chi connectivity index (χ2v) is 4.29. The number of nitrogens with zero attached hydrogens (tertiary/aromatic N) is 4. The van der Waals surface area contributed by atoms with Crippen molar-refractivity contribution in [2.75, 3.05) is 0 Å². The van der Waals surface area contributed by atoms with Gasteiger partial charge in [0.05, 0.1) is 5.56 Å². The zero-order chi connectivity index (χ0) is 13.2. The second-order valence-electron chi connectivity index (χ2n) is 4.29. The number of hydrogen-bond donors (Lipinski definition) is 0. The van der Waals surface area contributed by atoms with Gasteiger partial charge in [0.25, 0.3) is 0 Å². The lowest BCUT2D eigenvalue weighted by atomic mass is 10.0.